The Bertz CT molecular complexity index is 660. The Balaban J connectivity index is 2.02. The van der Waals surface area contributed by atoms with Crippen LogP contribution in [-0.4, -0.2) is 24.0 Å². The Morgan fingerprint density at radius 2 is 1.67 bits per heavy atom. The molecule has 0 aromatic heterocycles. The van der Waals surface area contributed by atoms with Crippen LogP contribution in [0.3, 0.4) is 0 Å². The van der Waals surface area contributed by atoms with E-state index in [0.717, 1.165) is 0 Å². The van der Waals surface area contributed by atoms with Crippen molar-refractivity contribution in [1.29, 1.82) is 0 Å². The van der Waals surface area contributed by atoms with E-state index < -0.39 is 0 Å². The molecule has 0 saturated heterocycles. The number of phenolic OH excluding ortho intramolecular Hbond substituents is 1. The third kappa shape index (κ3) is 3.99. The minimum Gasteiger partial charge on any atom is -0.508 e. The first-order valence-electron chi connectivity index (χ1n) is 6.28. The molecule has 0 atom stereocenters. The first-order valence-corrected chi connectivity index (χ1v) is 6.28. The summed E-state index contributed by atoms with van der Waals surface area (Å²) < 4.78 is 5.36. The third-order valence-electron chi connectivity index (χ3n) is 2.77. The molecule has 0 unspecified atom stereocenters. The number of ketones is 1. The molecule has 6 nitrogen and oxygen atoms in total. The smallest absolute Gasteiger partial charge is 0.193 e. The molecule has 2 rings (SSSR count). The van der Waals surface area contributed by atoms with Crippen molar-refractivity contribution in [1.82, 2.24) is 0 Å². The van der Waals surface area contributed by atoms with Crippen molar-refractivity contribution < 1.29 is 14.6 Å². The maximum absolute atomic E-state index is 12.2. The van der Waals surface area contributed by atoms with Gasteiger partial charge in [0.15, 0.2) is 5.78 Å². The van der Waals surface area contributed by atoms with Crippen LogP contribution in [0, 0.1) is 0 Å². The minimum absolute atomic E-state index is 0.121. The summed E-state index contributed by atoms with van der Waals surface area (Å²) in [4.78, 5) is 14.8. The zero-order chi connectivity index (χ0) is 15.1. The normalized spacial score (nSPS) is 9.71. The van der Waals surface area contributed by atoms with Crippen molar-refractivity contribution in [3.8, 4) is 11.5 Å². The molecule has 0 aliphatic heterocycles. The summed E-state index contributed by atoms with van der Waals surface area (Å²) >= 11 is 0. The number of benzene rings is 2. The topological polar surface area (TPSA) is 95.3 Å². The molecule has 0 bridgehead atoms. The van der Waals surface area contributed by atoms with E-state index in [1.54, 1.807) is 36.4 Å². The van der Waals surface area contributed by atoms with Crippen molar-refractivity contribution in [2.45, 2.75) is 0 Å². The zero-order valence-electron chi connectivity index (χ0n) is 11.1. The van der Waals surface area contributed by atoms with Crippen molar-refractivity contribution in [3.05, 3.63) is 70.1 Å². The number of aromatic hydroxyl groups is 1. The van der Waals surface area contributed by atoms with E-state index in [0.29, 0.717) is 16.9 Å². The van der Waals surface area contributed by atoms with Crippen LogP contribution in [0.25, 0.3) is 10.4 Å². The summed E-state index contributed by atoms with van der Waals surface area (Å²) in [7, 11) is 0. The molecule has 0 amide bonds. The van der Waals surface area contributed by atoms with Gasteiger partial charge in [-0.05, 0) is 54.1 Å². The number of hydrogen-bond acceptors (Lipinski definition) is 4. The number of nitrogens with zero attached hydrogens (tertiary/aromatic N) is 3. The second-order valence-electron chi connectivity index (χ2n) is 4.20. The van der Waals surface area contributed by atoms with Gasteiger partial charge in [-0.2, -0.15) is 0 Å². The summed E-state index contributed by atoms with van der Waals surface area (Å²) in [5.74, 6) is 0.594. The van der Waals surface area contributed by atoms with Crippen LogP contribution < -0.4 is 4.74 Å². The third-order valence-corrected chi connectivity index (χ3v) is 2.77. The number of hydrogen-bond donors (Lipinski definition) is 1. The first-order chi connectivity index (χ1) is 10.2. The second-order valence-corrected chi connectivity index (χ2v) is 4.20. The molecule has 0 aliphatic rings. The Kier molecular flexibility index (Phi) is 4.79. The SMILES string of the molecule is [N-]=[N+]=NCCOc1ccc(C(=O)c2ccc(O)cc2)cc1. The summed E-state index contributed by atoms with van der Waals surface area (Å²) in [6, 6.07) is 12.8. The molecule has 0 saturated carbocycles. The lowest BCUT2D eigenvalue weighted by Gasteiger charge is -2.05. The van der Waals surface area contributed by atoms with Crippen molar-refractivity contribution >= 4 is 5.78 Å². The molecular formula is C15H13N3O3. The standard InChI is InChI=1S/C15H13N3O3/c16-18-17-9-10-21-14-7-3-12(4-8-14)15(20)11-1-5-13(19)6-2-11/h1-8,19H,9-10H2. The van der Waals surface area contributed by atoms with Gasteiger partial charge in [-0.3, -0.25) is 4.79 Å². The summed E-state index contributed by atoms with van der Waals surface area (Å²) in [6.07, 6.45) is 0. The van der Waals surface area contributed by atoms with Gasteiger partial charge in [0.25, 0.3) is 0 Å². The lowest BCUT2D eigenvalue weighted by Crippen LogP contribution is -2.02. The maximum atomic E-state index is 12.2. The van der Waals surface area contributed by atoms with E-state index in [9.17, 15) is 9.90 Å². The number of azide groups is 1. The van der Waals surface area contributed by atoms with E-state index in [-0.39, 0.29) is 24.7 Å². The fraction of sp³-hybridized carbons (Fsp3) is 0.133. The van der Waals surface area contributed by atoms with Gasteiger partial charge >= 0.3 is 0 Å². The summed E-state index contributed by atoms with van der Waals surface area (Å²) in [5.41, 5.74) is 9.17. The number of rotatable bonds is 6. The van der Waals surface area contributed by atoms with Crippen LogP contribution >= 0.6 is 0 Å². The zero-order valence-corrected chi connectivity index (χ0v) is 11.1. The predicted octanol–water partition coefficient (Wildman–Crippen LogP) is 3.31. The lowest BCUT2D eigenvalue weighted by atomic mass is 10.0. The average Bonchev–Trinajstić information content (AvgIpc) is 2.52. The molecule has 2 aromatic rings. The fourth-order valence-electron chi connectivity index (χ4n) is 1.73. The Morgan fingerprint density at radius 1 is 1.10 bits per heavy atom. The molecule has 1 N–H and O–H groups in total. The Hall–Kier alpha value is -2.98. The number of carbonyl (C=O) groups excluding carboxylic acids is 1. The number of ether oxygens (including phenoxy) is 1. The van der Waals surface area contributed by atoms with Crippen LogP contribution in [0.5, 0.6) is 11.5 Å². The molecule has 21 heavy (non-hydrogen) atoms. The van der Waals surface area contributed by atoms with Crippen LogP contribution in [0.4, 0.5) is 0 Å². The van der Waals surface area contributed by atoms with Crippen LogP contribution in [0.15, 0.2) is 53.6 Å². The lowest BCUT2D eigenvalue weighted by molar-refractivity contribution is 0.103. The average molecular weight is 283 g/mol. The highest BCUT2D eigenvalue weighted by Crippen LogP contribution is 2.17. The quantitative estimate of drug-likeness (QED) is 0.289. The second kappa shape index (κ2) is 6.98. The van der Waals surface area contributed by atoms with E-state index >= 15 is 0 Å². The number of phenols is 1. The number of carbonyl (C=O) groups is 1. The van der Waals surface area contributed by atoms with Gasteiger partial charge in [0.05, 0.1) is 13.2 Å². The predicted molar refractivity (Wildman–Crippen MR) is 77.5 cm³/mol. The highest BCUT2D eigenvalue weighted by molar-refractivity contribution is 6.09. The van der Waals surface area contributed by atoms with Gasteiger partial charge in [0, 0.05) is 16.0 Å². The molecule has 0 aliphatic carbocycles. The van der Waals surface area contributed by atoms with Gasteiger partial charge in [-0.1, -0.05) is 5.11 Å². The van der Waals surface area contributed by atoms with Crippen molar-refractivity contribution in [2.75, 3.05) is 13.2 Å². The molecule has 2 aromatic carbocycles. The van der Waals surface area contributed by atoms with Crippen molar-refractivity contribution in [3.63, 3.8) is 0 Å². The fourth-order valence-corrected chi connectivity index (χ4v) is 1.73. The minimum atomic E-state index is -0.129. The summed E-state index contributed by atoms with van der Waals surface area (Å²) in [6.45, 7) is 0.542. The highest BCUT2D eigenvalue weighted by atomic mass is 16.5. The molecule has 0 spiro atoms. The molecule has 106 valence electrons. The summed E-state index contributed by atoms with van der Waals surface area (Å²) in [5, 5.41) is 12.6. The molecule has 0 heterocycles. The van der Waals surface area contributed by atoms with Gasteiger partial charge in [0.1, 0.15) is 11.5 Å². The highest BCUT2D eigenvalue weighted by Gasteiger charge is 2.08. The van der Waals surface area contributed by atoms with Gasteiger partial charge in [-0.25, -0.2) is 0 Å². The van der Waals surface area contributed by atoms with Gasteiger partial charge in [0.2, 0.25) is 0 Å². The molecule has 6 heteroatoms. The first kappa shape index (κ1) is 14.4. The van der Waals surface area contributed by atoms with E-state index in [1.165, 1.54) is 12.1 Å². The molecular weight excluding hydrogens is 270 g/mol. The van der Waals surface area contributed by atoms with Gasteiger partial charge in [-0.15, -0.1) is 0 Å². The van der Waals surface area contributed by atoms with E-state index in [4.69, 9.17) is 10.3 Å². The largest absolute Gasteiger partial charge is 0.508 e. The van der Waals surface area contributed by atoms with E-state index in [2.05, 4.69) is 10.0 Å². The molecule has 0 radical (unpaired) electrons. The monoisotopic (exact) mass is 283 g/mol. The molecule has 0 fully saturated rings. The Morgan fingerprint density at radius 3 is 2.24 bits per heavy atom. The van der Waals surface area contributed by atoms with E-state index in [1.807, 2.05) is 0 Å². The van der Waals surface area contributed by atoms with Crippen LogP contribution in [0.1, 0.15) is 15.9 Å². The Labute approximate surface area is 121 Å². The van der Waals surface area contributed by atoms with Crippen molar-refractivity contribution in [2.24, 2.45) is 5.11 Å². The van der Waals surface area contributed by atoms with Crippen LogP contribution in [-0.2, 0) is 0 Å². The van der Waals surface area contributed by atoms with Crippen LogP contribution in [0.2, 0.25) is 0 Å². The van der Waals surface area contributed by atoms with Gasteiger partial charge < -0.3 is 9.84 Å². The maximum Gasteiger partial charge on any atom is 0.193 e.